The second-order valence-corrected chi connectivity index (χ2v) is 10.3. The average Bonchev–Trinajstić information content (AvgIpc) is 2.74. The summed E-state index contributed by atoms with van der Waals surface area (Å²) in [6.07, 6.45) is 17.7. The fourth-order valence-corrected chi connectivity index (χ4v) is 6.90. The first-order valence-electron chi connectivity index (χ1n) is 12.0. The third kappa shape index (κ3) is 4.55. The zero-order chi connectivity index (χ0) is 19.5. The molecule has 0 radical (unpaired) electrons. The molecule has 0 nitrogen and oxygen atoms in total. The van der Waals surface area contributed by atoms with Crippen LogP contribution in [0.15, 0.2) is 36.9 Å². The Bertz CT molecular complexity index is 616. The Morgan fingerprint density at radius 2 is 1.39 bits per heavy atom. The van der Waals surface area contributed by atoms with Crippen molar-refractivity contribution in [3.05, 3.63) is 48.3 Å². The quantitative estimate of drug-likeness (QED) is 0.461. The van der Waals surface area contributed by atoms with E-state index < -0.39 is 0 Å². The van der Waals surface area contributed by atoms with Gasteiger partial charge in [0.15, 0.2) is 0 Å². The van der Waals surface area contributed by atoms with E-state index in [-0.39, 0.29) is 5.82 Å². The zero-order valence-electron chi connectivity index (χ0n) is 17.8. The molecular formula is C27H39F. The molecule has 3 fully saturated rings. The molecule has 3 aliphatic rings. The van der Waals surface area contributed by atoms with E-state index in [9.17, 15) is 4.39 Å². The van der Waals surface area contributed by atoms with E-state index in [1.54, 1.807) is 12.1 Å². The van der Waals surface area contributed by atoms with Crippen LogP contribution in [-0.2, 0) is 0 Å². The number of halogens is 1. The molecule has 0 aliphatic heterocycles. The van der Waals surface area contributed by atoms with E-state index in [4.69, 9.17) is 0 Å². The predicted molar refractivity (Wildman–Crippen MR) is 117 cm³/mol. The van der Waals surface area contributed by atoms with E-state index >= 15 is 0 Å². The summed E-state index contributed by atoms with van der Waals surface area (Å²) < 4.78 is 13.2. The summed E-state index contributed by atoms with van der Waals surface area (Å²) in [7, 11) is 0. The molecule has 28 heavy (non-hydrogen) atoms. The first kappa shape index (κ1) is 20.2. The monoisotopic (exact) mass is 382 g/mol. The van der Waals surface area contributed by atoms with E-state index in [0.29, 0.717) is 5.92 Å². The summed E-state index contributed by atoms with van der Waals surface area (Å²) >= 11 is 0. The highest BCUT2D eigenvalue weighted by atomic mass is 19.1. The molecule has 0 amide bonds. The standard InChI is InChI=1S/C27H39F/c1-3-20-8-13-25(23-6-4-19(2)5-7-23)18-27(20)24-11-9-21(10-12-24)22-14-16-26(28)17-15-22/h3,14-17,19-21,23-25,27H,1,4-13,18H2,2H3. The molecular weight excluding hydrogens is 343 g/mol. The van der Waals surface area contributed by atoms with Crippen molar-refractivity contribution in [3.8, 4) is 0 Å². The minimum atomic E-state index is -0.114. The molecule has 1 heteroatoms. The van der Waals surface area contributed by atoms with Crippen LogP contribution < -0.4 is 0 Å². The van der Waals surface area contributed by atoms with Gasteiger partial charge in [-0.25, -0.2) is 4.39 Å². The number of hydrogen-bond donors (Lipinski definition) is 0. The SMILES string of the molecule is C=CC1CCC(C2CCC(C)CC2)CC1C1CCC(c2ccc(F)cc2)CC1. The second-order valence-electron chi connectivity index (χ2n) is 10.3. The molecule has 4 rings (SSSR count). The highest BCUT2D eigenvalue weighted by molar-refractivity contribution is 5.21. The van der Waals surface area contributed by atoms with E-state index in [1.165, 1.54) is 76.2 Å². The van der Waals surface area contributed by atoms with Crippen molar-refractivity contribution in [2.24, 2.45) is 35.5 Å². The maximum Gasteiger partial charge on any atom is 0.123 e. The smallest absolute Gasteiger partial charge is 0.123 e. The van der Waals surface area contributed by atoms with Crippen molar-refractivity contribution in [1.29, 1.82) is 0 Å². The summed E-state index contributed by atoms with van der Waals surface area (Å²) in [5.41, 5.74) is 1.35. The highest BCUT2D eigenvalue weighted by Crippen LogP contribution is 2.50. The highest BCUT2D eigenvalue weighted by Gasteiger charge is 2.39. The van der Waals surface area contributed by atoms with Crippen molar-refractivity contribution in [1.82, 2.24) is 0 Å². The van der Waals surface area contributed by atoms with Crippen molar-refractivity contribution < 1.29 is 4.39 Å². The molecule has 0 aromatic heterocycles. The molecule has 0 spiro atoms. The molecule has 0 bridgehead atoms. The van der Waals surface area contributed by atoms with Gasteiger partial charge in [-0.15, -0.1) is 6.58 Å². The lowest BCUT2D eigenvalue weighted by molar-refractivity contribution is 0.0738. The fraction of sp³-hybridized carbons (Fsp3) is 0.704. The van der Waals surface area contributed by atoms with Gasteiger partial charge in [0.1, 0.15) is 5.82 Å². The van der Waals surface area contributed by atoms with Crippen LogP contribution in [0.4, 0.5) is 4.39 Å². The summed E-state index contributed by atoms with van der Waals surface area (Å²) in [5.74, 6) is 5.94. The molecule has 3 unspecified atom stereocenters. The third-order valence-electron chi connectivity index (χ3n) is 8.74. The van der Waals surface area contributed by atoms with Gasteiger partial charge in [0, 0.05) is 0 Å². The van der Waals surface area contributed by atoms with E-state index in [0.717, 1.165) is 35.5 Å². The molecule has 3 saturated carbocycles. The van der Waals surface area contributed by atoms with Gasteiger partial charge in [0.25, 0.3) is 0 Å². The van der Waals surface area contributed by atoms with Crippen LogP contribution in [0.1, 0.15) is 89.0 Å². The largest absolute Gasteiger partial charge is 0.207 e. The molecule has 0 heterocycles. The zero-order valence-corrected chi connectivity index (χ0v) is 17.8. The van der Waals surface area contributed by atoms with Crippen LogP contribution >= 0.6 is 0 Å². The van der Waals surface area contributed by atoms with Crippen molar-refractivity contribution in [2.75, 3.05) is 0 Å². The molecule has 0 N–H and O–H groups in total. The maximum absolute atomic E-state index is 13.2. The van der Waals surface area contributed by atoms with Crippen LogP contribution in [0, 0.1) is 41.3 Å². The molecule has 0 saturated heterocycles. The summed E-state index contributed by atoms with van der Waals surface area (Å²) in [6, 6.07) is 7.28. The van der Waals surface area contributed by atoms with Crippen LogP contribution in [0.3, 0.4) is 0 Å². The lowest BCUT2D eigenvalue weighted by atomic mass is 9.60. The molecule has 1 aromatic carbocycles. The topological polar surface area (TPSA) is 0 Å². The van der Waals surface area contributed by atoms with Crippen molar-refractivity contribution >= 4 is 0 Å². The van der Waals surface area contributed by atoms with Gasteiger partial charge in [-0.2, -0.15) is 0 Å². The predicted octanol–water partition coefficient (Wildman–Crippen LogP) is 8.14. The van der Waals surface area contributed by atoms with Crippen LogP contribution in [0.5, 0.6) is 0 Å². The Labute approximate surface area is 172 Å². The van der Waals surface area contributed by atoms with Crippen molar-refractivity contribution in [3.63, 3.8) is 0 Å². The minimum Gasteiger partial charge on any atom is -0.207 e. The fourth-order valence-electron chi connectivity index (χ4n) is 6.90. The lowest BCUT2D eigenvalue weighted by Gasteiger charge is -2.45. The van der Waals surface area contributed by atoms with Gasteiger partial charge in [0.05, 0.1) is 0 Å². The Morgan fingerprint density at radius 1 is 0.786 bits per heavy atom. The number of benzene rings is 1. The Hall–Kier alpha value is -1.11. The molecule has 3 aliphatic carbocycles. The van der Waals surface area contributed by atoms with E-state index in [2.05, 4.69) is 19.6 Å². The molecule has 3 atom stereocenters. The van der Waals surface area contributed by atoms with Crippen LogP contribution in [0.2, 0.25) is 0 Å². The van der Waals surface area contributed by atoms with Crippen LogP contribution in [0.25, 0.3) is 0 Å². The average molecular weight is 383 g/mol. The maximum atomic E-state index is 13.2. The third-order valence-corrected chi connectivity index (χ3v) is 8.74. The normalized spacial score (nSPS) is 39.4. The number of rotatable bonds is 4. The van der Waals surface area contributed by atoms with Gasteiger partial charge in [-0.05, 0) is 117 Å². The van der Waals surface area contributed by atoms with Gasteiger partial charge in [-0.1, -0.05) is 38.0 Å². The minimum absolute atomic E-state index is 0.114. The van der Waals surface area contributed by atoms with E-state index in [1.807, 2.05) is 12.1 Å². The number of allylic oxidation sites excluding steroid dienone is 1. The molecule has 1 aromatic rings. The van der Waals surface area contributed by atoms with Gasteiger partial charge >= 0.3 is 0 Å². The van der Waals surface area contributed by atoms with Crippen LogP contribution in [-0.4, -0.2) is 0 Å². The van der Waals surface area contributed by atoms with Gasteiger partial charge in [-0.3, -0.25) is 0 Å². The van der Waals surface area contributed by atoms with Gasteiger partial charge in [0.2, 0.25) is 0 Å². The first-order valence-corrected chi connectivity index (χ1v) is 12.0. The van der Waals surface area contributed by atoms with Crippen molar-refractivity contribution in [2.45, 2.75) is 83.5 Å². The summed E-state index contributed by atoms with van der Waals surface area (Å²) in [6.45, 7) is 6.65. The molecule has 154 valence electrons. The lowest BCUT2D eigenvalue weighted by Crippen LogP contribution is -2.35. The number of hydrogen-bond acceptors (Lipinski definition) is 0. The first-order chi connectivity index (χ1) is 13.6. The summed E-state index contributed by atoms with van der Waals surface area (Å²) in [5, 5.41) is 0. The van der Waals surface area contributed by atoms with Gasteiger partial charge < -0.3 is 0 Å². The Balaban J connectivity index is 1.36. The summed E-state index contributed by atoms with van der Waals surface area (Å²) in [4.78, 5) is 0. The Morgan fingerprint density at radius 3 is 2.04 bits per heavy atom. The second kappa shape index (κ2) is 9.14. The Kier molecular flexibility index (Phi) is 6.59.